The van der Waals surface area contributed by atoms with E-state index in [1.165, 1.54) is 18.7 Å². The van der Waals surface area contributed by atoms with E-state index in [0.29, 0.717) is 35.1 Å². The number of nitrogens with one attached hydrogen (secondary N) is 2. The number of oxazole rings is 1. The van der Waals surface area contributed by atoms with Gasteiger partial charge in [-0.25, -0.2) is 15.0 Å². The molecule has 11 heteroatoms. The van der Waals surface area contributed by atoms with Crippen LogP contribution in [0.4, 0.5) is 17.3 Å². The number of nitrogen functional groups attached to an aromatic ring is 1. The van der Waals surface area contributed by atoms with Gasteiger partial charge in [0.15, 0.2) is 0 Å². The first kappa shape index (κ1) is 26.3. The maximum Gasteiger partial charge on any atom is 0.244 e. The van der Waals surface area contributed by atoms with Gasteiger partial charge < -0.3 is 30.4 Å². The molecule has 0 spiro atoms. The molecule has 0 aliphatic heterocycles. The molecule has 0 saturated heterocycles. The molecule has 0 fully saturated rings. The van der Waals surface area contributed by atoms with Crippen molar-refractivity contribution in [1.29, 1.82) is 0 Å². The van der Waals surface area contributed by atoms with Crippen LogP contribution < -0.4 is 21.1 Å². The van der Waals surface area contributed by atoms with Crippen molar-refractivity contribution in [2.45, 2.75) is 20.4 Å². The molecule has 0 unspecified atom stereocenters. The first-order valence-corrected chi connectivity index (χ1v) is 11.9. The largest absolute Gasteiger partial charge is 0.455 e. The Balaban J connectivity index is 1.47. The molecule has 4 rings (SSSR count). The third-order valence-corrected chi connectivity index (χ3v) is 5.38. The molecular formula is C27H30N8O3. The highest BCUT2D eigenvalue weighted by Crippen LogP contribution is 2.33. The number of amides is 1. The van der Waals surface area contributed by atoms with Crippen LogP contribution in [0.2, 0.25) is 0 Å². The van der Waals surface area contributed by atoms with E-state index < -0.39 is 0 Å². The van der Waals surface area contributed by atoms with Crippen LogP contribution in [0.25, 0.3) is 11.5 Å². The van der Waals surface area contributed by atoms with Crippen LogP contribution >= 0.6 is 0 Å². The average molecular weight is 515 g/mol. The summed E-state index contributed by atoms with van der Waals surface area (Å²) in [7, 11) is 3.85. The molecule has 196 valence electrons. The van der Waals surface area contributed by atoms with Gasteiger partial charge in [-0.1, -0.05) is 6.08 Å². The van der Waals surface area contributed by atoms with Gasteiger partial charge in [-0.2, -0.15) is 0 Å². The molecule has 1 aromatic carbocycles. The molecule has 38 heavy (non-hydrogen) atoms. The lowest BCUT2D eigenvalue weighted by Crippen LogP contribution is -2.21. The fourth-order valence-corrected chi connectivity index (χ4v) is 3.43. The molecule has 4 aromatic rings. The maximum absolute atomic E-state index is 12.0. The predicted molar refractivity (Wildman–Crippen MR) is 145 cm³/mol. The van der Waals surface area contributed by atoms with E-state index in [-0.39, 0.29) is 24.2 Å². The van der Waals surface area contributed by atoms with Gasteiger partial charge in [0, 0.05) is 24.0 Å². The zero-order valence-corrected chi connectivity index (χ0v) is 21.7. The quantitative estimate of drug-likeness (QED) is 0.266. The van der Waals surface area contributed by atoms with Crippen molar-refractivity contribution in [3.63, 3.8) is 0 Å². The first-order chi connectivity index (χ1) is 18.3. The number of hydrogen-bond donors (Lipinski definition) is 3. The summed E-state index contributed by atoms with van der Waals surface area (Å²) in [5, 5.41) is 6.04. The van der Waals surface area contributed by atoms with Crippen LogP contribution in [0, 0.1) is 13.8 Å². The number of likely N-dealkylation sites (N-methyl/N-ethyl adjacent to an activating group) is 1. The number of aryl methyl sites for hydroxylation is 2. The number of nitrogens with two attached hydrogens (primary N) is 1. The molecule has 0 aliphatic rings. The Labute approximate surface area is 220 Å². The second kappa shape index (κ2) is 12.0. The van der Waals surface area contributed by atoms with Gasteiger partial charge in [0.1, 0.15) is 41.3 Å². The van der Waals surface area contributed by atoms with E-state index in [1.54, 1.807) is 12.3 Å². The summed E-state index contributed by atoms with van der Waals surface area (Å²) < 4.78 is 11.6. The van der Waals surface area contributed by atoms with E-state index in [9.17, 15) is 4.79 Å². The van der Waals surface area contributed by atoms with Crippen molar-refractivity contribution in [2.75, 3.05) is 31.7 Å². The lowest BCUT2D eigenvalue weighted by Gasteiger charge is -2.13. The number of rotatable bonds is 10. The number of anilines is 3. The van der Waals surface area contributed by atoms with Gasteiger partial charge in [-0.3, -0.25) is 9.78 Å². The highest BCUT2D eigenvalue weighted by atomic mass is 16.5. The first-order valence-electron chi connectivity index (χ1n) is 11.9. The number of benzene rings is 1. The van der Waals surface area contributed by atoms with Gasteiger partial charge >= 0.3 is 0 Å². The molecule has 1 amide bonds. The monoisotopic (exact) mass is 514 g/mol. The summed E-state index contributed by atoms with van der Waals surface area (Å²) >= 11 is 0. The van der Waals surface area contributed by atoms with Crippen LogP contribution in [0.1, 0.15) is 17.0 Å². The van der Waals surface area contributed by atoms with Crippen LogP contribution in [-0.2, 0) is 11.3 Å². The topological polar surface area (TPSA) is 144 Å². The van der Waals surface area contributed by atoms with Crippen molar-refractivity contribution >= 4 is 23.2 Å². The number of carbonyl (C=O) groups excluding carboxylic acids is 1. The molecule has 0 atom stereocenters. The lowest BCUT2D eigenvalue weighted by atomic mass is 10.2. The minimum atomic E-state index is -0.220. The average Bonchev–Trinajstić information content (AvgIpc) is 3.34. The summed E-state index contributed by atoms with van der Waals surface area (Å²) in [6, 6.07) is 9.43. The molecular weight excluding hydrogens is 484 g/mol. The zero-order valence-electron chi connectivity index (χ0n) is 21.7. The molecule has 3 aromatic heterocycles. The standard InChI is InChI=1S/C27H30N8O3/c1-17-12-19(8-10-22(17)38-21-9-7-18(2)29-14-21)33-26-24(25(28)31-16-32-26)27-34-20(15-37-27)13-30-23(36)6-5-11-35(3)4/h5-10,12,14-16H,11,13H2,1-4H3,(H,30,36)(H3,28,31,32,33)/b6-5+. The molecule has 0 radical (unpaired) electrons. The van der Waals surface area contributed by atoms with Gasteiger partial charge in [0.05, 0.1) is 18.4 Å². The van der Waals surface area contributed by atoms with Gasteiger partial charge in [-0.15, -0.1) is 0 Å². The van der Waals surface area contributed by atoms with Crippen LogP contribution in [0.15, 0.2) is 65.7 Å². The summed E-state index contributed by atoms with van der Waals surface area (Å²) in [6.07, 6.45) is 7.78. The van der Waals surface area contributed by atoms with Crippen molar-refractivity contribution < 1.29 is 13.9 Å². The normalized spacial score (nSPS) is 11.2. The Morgan fingerprint density at radius 2 is 2.00 bits per heavy atom. The highest BCUT2D eigenvalue weighted by Gasteiger charge is 2.18. The van der Waals surface area contributed by atoms with E-state index >= 15 is 0 Å². The number of hydrogen-bond acceptors (Lipinski definition) is 10. The predicted octanol–water partition coefficient (Wildman–Crippen LogP) is 4.00. The number of carbonyl (C=O) groups is 1. The Kier molecular flexibility index (Phi) is 8.29. The second-order valence-electron chi connectivity index (χ2n) is 8.85. The van der Waals surface area contributed by atoms with Crippen LogP contribution in [0.5, 0.6) is 11.5 Å². The fourth-order valence-electron chi connectivity index (χ4n) is 3.43. The summed E-state index contributed by atoms with van der Waals surface area (Å²) in [4.78, 5) is 31.1. The second-order valence-corrected chi connectivity index (χ2v) is 8.85. The van der Waals surface area contributed by atoms with Crippen LogP contribution in [0.3, 0.4) is 0 Å². The Bertz CT molecular complexity index is 1430. The zero-order chi connectivity index (χ0) is 27.1. The van der Waals surface area contributed by atoms with Gasteiger partial charge in [0.25, 0.3) is 0 Å². The smallest absolute Gasteiger partial charge is 0.244 e. The number of nitrogens with zero attached hydrogens (tertiary/aromatic N) is 5. The Morgan fingerprint density at radius 1 is 1.16 bits per heavy atom. The third-order valence-electron chi connectivity index (χ3n) is 5.38. The van der Waals surface area contributed by atoms with Crippen molar-refractivity contribution in [3.8, 4) is 23.0 Å². The number of pyridine rings is 1. The van der Waals surface area contributed by atoms with E-state index in [4.69, 9.17) is 14.9 Å². The minimum absolute atomic E-state index is 0.197. The number of aromatic nitrogens is 4. The van der Waals surface area contributed by atoms with Crippen molar-refractivity contribution in [1.82, 2.24) is 30.2 Å². The Hall–Kier alpha value is -4.77. The maximum atomic E-state index is 12.0. The molecule has 4 N–H and O–H groups in total. The third kappa shape index (κ3) is 6.92. The lowest BCUT2D eigenvalue weighted by molar-refractivity contribution is -0.116. The molecule has 3 heterocycles. The minimum Gasteiger partial charge on any atom is -0.455 e. The number of ether oxygens (including phenoxy) is 1. The summed E-state index contributed by atoms with van der Waals surface area (Å²) in [5.74, 6) is 2.02. The summed E-state index contributed by atoms with van der Waals surface area (Å²) in [6.45, 7) is 4.74. The molecule has 0 aliphatic carbocycles. The van der Waals surface area contributed by atoms with Crippen molar-refractivity contribution in [2.24, 2.45) is 0 Å². The van der Waals surface area contributed by atoms with E-state index in [2.05, 4.69) is 30.6 Å². The molecule has 0 bridgehead atoms. The SMILES string of the molecule is Cc1ccc(Oc2ccc(Nc3ncnc(N)c3-c3nc(CNC(=O)/C=C/CN(C)C)co3)cc2C)cn1. The van der Waals surface area contributed by atoms with Gasteiger partial charge in [0.2, 0.25) is 11.8 Å². The fraction of sp³-hybridized carbons (Fsp3) is 0.222. The van der Waals surface area contributed by atoms with E-state index in [1.807, 2.05) is 63.2 Å². The summed E-state index contributed by atoms with van der Waals surface area (Å²) in [5.41, 5.74) is 9.71. The molecule has 0 saturated carbocycles. The van der Waals surface area contributed by atoms with E-state index in [0.717, 1.165) is 16.9 Å². The van der Waals surface area contributed by atoms with Crippen LogP contribution in [-0.4, -0.2) is 51.4 Å². The Morgan fingerprint density at radius 3 is 2.74 bits per heavy atom. The van der Waals surface area contributed by atoms with Crippen molar-refractivity contribution in [3.05, 3.63) is 78.2 Å². The highest BCUT2D eigenvalue weighted by molar-refractivity contribution is 5.87. The molecule has 11 nitrogen and oxygen atoms in total. The van der Waals surface area contributed by atoms with Gasteiger partial charge in [-0.05, 0) is 63.8 Å².